The van der Waals surface area contributed by atoms with Gasteiger partial charge in [-0.2, -0.15) is 0 Å². The number of aryl methyl sites for hydroxylation is 1. The summed E-state index contributed by atoms with van der Waals surface area (Å²) in [5.74, 6) is -1.71. The Bertz CT molecular complexity index is 894. The van der Waals surface area contributed by atoms with E-state index in [-0.39, 0.29) is 5.97 Å². The average molecular weight is 394 g/mol. The average Bonchev–Trinajstić information content (AvgIpc) is 2.61. The number of nitro groups is 3. The van der Waals surface area contributed by atoms with E-state index in [1.165, 1.54) is 6.92 Å². The zero-order valence-electron chi connectivity index (χ0n) is 14.6. The first-order valence-electron chi connectivity index (χ1n) is 7.39. The lowest BCUT2D eigenvalue weighted by molar-refractivity contribution is -0.681. The van der Waals surface area contributed by atoms with E-state index >= 15 is 0 Å². The number of nitro benzene ring substituents is 3. The highest BCUT2D eigenvalue weighted by Gasteiger charge is 2.24. The third kappa shape index (κ3) is 5.98. The van der Waals surface area contributed by atoms with Crippen molar-refractivity contribution in [3.05, 3.63) is 72.6 Å². The van der Waals surface area contributed by atoms with Gasteiger partial charge in [0, 0.05) is 19.1 Å². The largest absolute Gasteiger partial charge is 0.863 e. The van der Waals surface area contributed by atoms with E-state index in [0.29, 0.717) is 18.7 Å². The van der Waals surface area contributed by atoms with Crippen LogP contribution in [0.1, 0.15) is 12.6 Å². The molecule has 0 aliphatic rings. The molecule has 0 amide bonds. The number of carbonyl (C=O) groups is 1. The van der Waals surface area contributed by atoms with E-state index < -0.39 is 37.6 Å². The number of pyridine rings is 1. The van der Waals surface area contributed by atoms with Crippen molar-refractivity contribution >= 4 is 23.0 Å². The summed E-state index contributed by atoms with van der Waals surface area (Å²) < 4.78 is 6.77. The third-order valence-corrected chi connectivity index (χ3v) is 3.22. The molecule has 0 aliphatic heterocycles. The fourth-order valence-corrected chi connectivity index (χ4v) is 1.85. The number of esters is 1. The fraction of sp³-hybridized carbons (Fsp3) is 0.200. The summed E-state index contributed by atoms with van der Waals surface area (Å²) >= 11 is 0. The lowest BCUT2D eigenvalue weighted by Crippen LogP contribution is -2.33. The van der Waals surface area contributed by atoms with Crippen LogP contribution >= 0.6 is 0 Å². The number of benzene rings is 1. The second-order valence-electron chi connectivity index (χ2n) is 5.17. The van der Waals surface area contributed by atoms with Crippen LogP contribution in [0.4, 0.5) is 17.1 Å². The normalized spacial score (nSPS) is 9.64. The first-order chi connectivity index (χ1) is 13.0. The van der Waals surface area contributed by atoms with Crippen molar-refractivity contribution in [3.8, 4) is 5.75 Å². The molecule has 1 aromatic heterocycles. The highest BCUT2D eigenvalue weighted by atomic mass is 16.6. The molecule has 2 aromatic rings. The van der Waals surface area contributed by atoms with Gasteiger partial charge in [-0.05, 0) is 6.07 Å². The molecule has 0 spiro atoms. The number of ether oxygens (including phenoxy) is 1. The number of aromatic nitrogens is 1. The van der Waals surface area contributed by atoms with Crippen molar-refractivity contribution in [2.24, 2.45) is 7.05 Å². The second-order valence-corrected chi connectivity index (χ2v) is 5.17. The van der Waals surface area contributed by atoms with Gasteiger partial charge in [0.25, 0.3) is 17.1 Å². The Morgan fingerprint density at radius 2 is 1.57 bits per heavy atom. The minimum Gasteiger partial charge on any atom is -0.863 e. The van der Waals surface area contributed by atoms with Gasteiger partial charge >= 0.3 is 5.97 Å². The molecule has 0 saturated heterocycles. The number of nitrogens with zero attached hydrogens (tertiary/aromatic N) is 4. The minimum absolute atomic E-state index is 0.251. The standard InChI is InChI=1S/C9H12NO2.C6H3N3O7/c1-8(11)12-7-9-5-3-4-6-10(9)2;10-6-4(8(13)14)1-3(7(11)12)2-5(6)9(15)16/h3-6H,7H2,1-2H3;1-2,10H/q+1;/p-1. The van der Waals surface area contributed by atoms with Crippen molar-refractivity contribution in [1.29, 1.82) is 0 Å². The van der Waals surface area contributed by atoms with Crippen molar-refractivity contribution in [2.45, 2.75) is 13.5 Å². The molecule has 13 nitrogen and oxygen atoms in total. The molecule has 1 heterocycles. The highest BCUT2D eigenvalue weighted by Crippen LogP contribution is 2.36. The van der Waals surface area contributed by atoms with Gasteiger partial charge in [-0.15, -0.1) is 0 Å². The van der Waals surface area contributed by atoms with Crippen LogP contribution in [0.25, 0.3) is 0 Å². The van der Waals surface area contributed by atoms with Crippen LogP contribution in [0.3, 0.4) is 0 Å². The van der Waals surface area contributed by atoms with Crippen LogP contribution in [0.5, 0.6) is 5.75 Å². The Hall–Kier alpha value is -4.16. The second kappa shape index (κ2) is 9.51. The van der Waals surface area contributed by atoms with Gasteiger partial charge in [-0.3, -0.25) is 35.1 Å². The molecule has 0 atom stereocenters. The molecule has 2 rings (SSSR count). The molecule has 0 unspecified atom stereocenters. The van der Waals surface area contributed by atoms with Gasteiger partial charge in [0.15, 0.2) is 12.8 Å². The number of rotatable bonds is 5. The molecule has 0 saturated carbocycles. The van der Waals surface area contributed by atoms with Gasteiger partial charge in [-0.25, -0.2) is 4.57 Å². The SMILES string of the molecule is CC(=O)OCc1cccc[n+]1C.O=[N+]([O-])c1cc([N+](=O)[O-])c([O-])c([N+](=O)[O-])c1. The van der Waals surface area contributed by atoms with Gasteiger partial charge < -0.3 is 9.84 Å². The summed E-state index contributed by atoms with van der Waals surface area (Å²) in [4.78, 5) is 38.0. The maximum atomic E-state index is 11.1. The zero-order valence-corrected chi connectivity index (χ0v) is 14.6. The molecule has 28 heavy (non-hydrogen) atoms. The van der Waals surface area contributed by atoms with E-state index in [0.717, 1.165) is 5.69 Å². The molecule has 1 aromatic carbocycles. The third-order valence-electron chi connectivity index (χ3n) is 3.22. The first-order valence-corrected chi connectivity index (χ1v) is 7.39. The van der Waals surface area contributed by atoms with Gasteiger partial charge in [0.1, 0.15) is 7.05 Å². The van der Waals surface area contributed by atoms with Gasteiger partial charge in [0.05, 0.1) is 32.7 Å². The molecular weight excluding hydrogens is 380 g/mol. The first kappa shape index (κ1) is 21.9. The van der Waals surface area contributed by atoms with Gasteiger partial charge in [0.2, 0.25) is 5.69 Å². The molecule has 0 aliphatic carbocycles. The van der Waals surface area contributed by atoms with E-state index in [9.17, 15) is 40.2 Å². The fourth-order valence-electron chi connectivity index (χ4n) is 1.85. The molecule has 13 heteroatoms. The maximum Gasteiger partial charge on any atom is 0.303 e. The van der Waals surface area contributed by atoms with Crippen LogP contribution in [0.15, 0.2) is 36.5 Å². The van der Waals surface area contributed by atoms with Crippen LogP contribution in [0.2, 0.25) is 0 Å². The van der Waals surface area contributed by atoms with Crippen molar-refractivity contribution in [1.82, 2.24) is 0 Å². The van der Waals surface area contributed by atoms with Crippen molar-refractivity contribution < 1.29 is 34.0 Å². The summed E-state index contributed by atoms with van der Waals surface area (Å²) in [5.41, 5.74) is -2.28. The predicted molar refractivity (Wildman–Crippen MR) is 88.9 cm³/mol. The van der Waals surface area contributed by atoms with E-state index in [2.05, 4.69) is 0 Å². The summed E-state index contributed by atoms with van der Waals surface area (Å²) in [5, 5.41) is 42.1. The summed E-state index contributed by atoms with van der Waals surface area (Å²) in [6.07, 6.45) is 1.92. The number of hydrogen-bond donors (Lipinski definition) is 0. The van der Waals surface area contributed by atoms with Crippen LogP contribution < -0.4 is 9.67 Å². The molecule has 0 bridgehead atoms. The Balaban J connectivity index is 0.000000292. The summed E-state index contributed by atoms with van der Waals surface area (Å²) in [6, 6.07) is 6.53. The van der Waals surface area contributed by atoms with E-state index in [1.807, 2.05) is 36.0 Å². The lowest BCUT2D eigenvalue weighted by atomic mass is 10.2. The van der Waals surface area contributed by atoms with Gasteiger partial charge in [-0.1, -0.05) is 0 Å². The smallest absolute Gasteiger partial charge is 0.303 e. The zero-order chi connectivity index (χ0) is 21.4. The topological polar surface area (TPSA) is 183 Å². The monoisotopic (exact) mass is 394 g/mol. The number of non-ortho nitro benzene ring substituents is 1. The molecule has 0 N–H and O–H groups in total. The van der Waals surface area contributed by atoms with E-state index in [1.54, 1.807) is 0 Å². The highest BCUT2D eigenvalue weighted by molar-refractivity contribution is 5.65. The summed E-state index contributed by atoms with van der Waals surface area (Å²) in [7, 11) is 1.92. The Labute approximate surface area is 156 Å². The number of carbonyl (C=O) groups excluding carboxylic acids is 1. The maximum absolute atomic E-state index is 11.1. The van der Waals surface area contributed by atoms with Crippen molar-refractivity contribution in [2.75, 3.05) is 0 Å². The quantitative estimate of drug-likeness (QED) is 0.309. The molecule has 148 valence electrons. The Morgan fingerprint density at radius 3 is 1.96 bits per heavy atom. The van der Waals surface area contributed by atoms with Crippen LogP contribution in [0, 0.1) is 30.3 Å². The van der Waals surface area contributed by atoms with Crippen LogP contribution in [-0.4, -0.2) is 20.7 Å². The Morgan fingerprint density at radius 1 is 1.04 bits per heavy atom. The van der Waals surface area contributed by atoms with Crippen molar-refractivity contribution in [3.63, 3.8) is 0 Å². The Kier molecular flexibility index (Phi) is 7.43. The number of hydrogen-bond acceptors (Lipinski definition) is 9. The minimum atomic E-state index is -1.46. The van der Waals surface area contributed by atoms with E-state index in [4.69, 9.17) is 4.74 Å². The predicted octanol–water partition coefficient (Wildman–Crippen LogP) is 1.06. The lowest BCUT2D eigenvalue weighted by Gasteiger charge is -2.06. The molecule has 0 radical (unpaired) electrons. The van der Waals surface area contributed by atoms with Crippen LogP contribution in [-0.2, 0) is 23.2 Å². The summed E-state index contributed by atoms with van der Waals surface area (Å²) in [6.45, 7) is 1.75. The molecular formula is C15H14N4O9. The molecule has 0 fully saturated rings.